The molecule has 1 fully saturated rings. The van der Waals surface area contributed by atoms with Crippen molar-refractivity contribution in [3.05, 3.63) is 47.9 Å². The van der Waals surface area contributed by atoms with E-state index in [1.165, 1.54) is 32.6 Å². The lowest BCUT2D eigenvalue weighted by atomic mass is 10.0. The topological polar surface area (TPSA) is 87.7 Å². The molecule has 2 N–H and O–H groups in total. The maximum absolute atomic E-state index is 11.2. The summed E-state index contributed by atoms with van der Waals surface area (Å²) in [5.41, 5.74) is 4.55. The van der Waals surface area contributed by atoms with Crippen LogP contribution in [0, 0.1) is 12.8 Å². The summed E-state index contributed by atoms with van der Waals surface area (Å²) in [6, 6.07) is 10.2. The fourth-order valence-electron chi connectivity index (χ4n) is 4.00. The van der Waals surface area contributed by atoms with Gasteiger partial charge in [0.15, 0.2) is 5.78 Å². The Morgan fingerprint density at radius 3 is 2.52 bits per heavy atom. The van der Waals surface area contributed by atoms with Gasteiger partial charge in [-0.1, -0.05) is 32.4 Å². The second-order valence-electron chi connectivity index (χ2n) is 8.27. The number of nitrogens with one attached hydrogen (secondary N) is 2. The zero-order valence-corrected chi connectivity index (χ0v) is 18.9. The summed E-state index contributed by atoms with van der Waals surface area (Å²) in [6.45, 7) is 7.65. The fraction of sp³-hybridized carbons (Fsp3) is 0.440. The molecule has 2 aromatic heterocycles. The maximum Gasteiger partial charge on any atom is 0.219 e. The van der Waals surface area contributed by atoms with Crippen LogP contribution in [0.3, 0.4) is 0 Å². The number of aryl methyl sites for hydroxylation is 1. The molecule has 1 amide bonds. The highest BCUT2D eigenvalue weighted by Gasteiger charge is 2.23. The number of hydrogen-bond donors (Lipinski definition) is 2. The Morgan fingerprint density at radius 2 is 1.90 bits per heavy atom. The zero-order chi connectivity index (χ0) is 22.4. The molecular weight excluding hydrogens is 388 g/mol. The summed E-state index contributed by atoms with van der Waals surface area (Å²) in [6.07, 6.45) is 7.29. The molecule has 1 saturated carbocycles. The van der Waals surface area contributed by atoms with Gasteiger partial charge >= 0.3 is 0 Å². The van der Waals surface area contributed by atoms with Crippen molar-refractivity contribution in [3.63, 3.8) is 0 Å². The normalized spacial score (nSPS) is 17.8. The van der Waals surface area contributed by atoms with E-state index in [9.17, 15) is 9.59 Å². The van der Waals surface area contributed by atoms with Crippen LogP contribution in [0.1, 0.15) is 69.1 Å². The second-order valence-corrected chi connectivity index (χ2v) is 8.27. The summed E-state index contributed by atoms with van der Waals surface area (Å²) in [4.78, 5) is 26.4. The summed E-state index contributed by atoms with van der Waals surface area (Å²) in [5, 5.41) is 11.3. The Bertz CT molecular complexity index is 1040. The zero-order valence-electron chi connectivity index (χ0n) is 18.9. The molecule has 2 atom stereocenters. The lowest BCUT2D eigenvalue weighted by Gasteiger charge is -2.11. The van der Waals surface area contributed by atoms with E-state index in [0.717, 1.165) is 33.6 Å². The number of Topliss-reactive ketones (excluding diaryl/α,β-unsaturated/α-hetero) is 1. The molecule has 0 unspecified atom stereocenters. The van der Waals surface area contributed by atoms with Gasteiger partial charge in [-0.15, -0.1) is 0 Å². The van der Waals surface area contributed by atoms with Crippen LogP contribution in [-0.2, 0) is 4.79 Å². The van der Waals surface area contributed by atoms with Gasteiger partial charge in [0.1, 0.15) is 5.69 Å². The number of hydrogen-bond acceptors (Lipinski definition) is 4. The van der Waals surface area contributed by atoms with Gasteiger partial charge in [-0.2, -0.15) is 5.10 Å². The van der Waals surface area contributed by atoms with Crippen molar-refractivity contribution in [2.45, 2.75) is 65.8 Å². The van der Waals surface area contributed by atoms with Crippen LogP contribution in [0.15, 0.2) is 36.5 Å². The number of fused-ring (bicyclic) bond motifs is 1. The number of benzene rings is 1. The largest absolute Gasteiger partial charge is 0.353 e. The molecular formula is C25H32N4O2. The molecule has 1 aromatic carbocycles. The lowest BCUT2D eigenvalue weighted by Crippen LogP contribution is -2.32. The predicted molar refractivity (Wildman–Crippen MR) is 124 cm³/mol. The van der Waals surface area contributed by atoms with Crippen molar-refractivity contribution in [3.8, 4) is 11.1 Å². The number of pyridine rings is 1. The maximum atomic E-state index is 11.2. The van der Waals surface area contributed by atoms with Crippen molar-refractivity contribution >= 4 is 22.6 Å². The number of aromatic amines is 1. The SMILES string of the molecule is CC(=O)c1ccc(-c2ccc3n[nH]c(C)c3c2)cn1.CCC(=O)N[C@H]1CC[C@@H](CC)C1. The first-order chi connectivity index (χ1) is 14.9. The monoisotopic (exact) mass is 420 g/mol. The first-order valence-corrected chi connectivity index (χ1v) is 11.1. The smallest absolute Gasteiger partial charge is 0.219 e. The second kappa shape index (κ2) is 10.3. The molecule has 0 radical (unpaired) electrons. The van der Waals surface area contributed by atoms with E-state index in [1.54, 1.807) is 12.3 Å². The van der Waals surface area contributed by atoms with Gasteiger partial charge in [-0.3, -0.25) is 19.7 Å². The Kier molecular flexibility index (Phi) is 7.55. The van der Waals surface area contributed by atoms with Crippen molar-refractivity contribution in [1.29, 1.82) is 0 Å². The third kappa shape index (κ3) is 5.78. The van der Waals surface area contributed by atoms with Gasteiger partial charge in [-0.25, -0.2) is 0 Å². The quantitative estimate of drug-likeness (QED) is 0.554. The van der Waals surface area contributed by atoms with E-state index in [-0.39, 0.29) is 11.7 Å². The summed E-state index contributed by atoms with van der Waals surface area (Å²) in [7, 11) is 0. The summed E-state index contributed by atoms with van der Waals surface area (Å²) >= 11 is 0. The van der Waals surface area contributed by atoms with Gasteiger partial charge < -0.3 is 5.32 Å². The number of rotatable bonds is 5. The standard InChI is InChI=1S/C15H13N3O.C10H19NO/c1-9-13-7-11(3-6-15(13)18-17-9)12-4-5-14(10(2)19)16-8-12;1-3-8-5-6-9(7-8)11-10(12)4-2/h3-8H,1-2H3,(H,17,18);8-9H,3-7H2,1-2H3,(H,11,12)/t;8-,9+/m.1/s1. The molecule has 0 aliphatic heterocycles. The number of aromatic nitrogens is 3. The number of amides is 1. The van der Waals surface area contributed by atoms with E-state index in [4.69, 9.17) is 0 Å². The average Bonchev–Trinajstić information content (AvgIpc) is 3.40. The van der Waals surface area contributed by atoms with Crippen LogP contribution in [0.5, 0.6) is 0 Å². The van der Waals surface area contributed by atoms with E-state index >= 15 is 0 Å². The molecule has 6 nitrogen and oxygen atoms in total. The molecule has 1 aliphatic rings. The highest BCUT2D eigenvalue weighted by molar-refractivity contribution is 5.92. The average molecular weight is 421 g/mol. The minimum Gasteiger partial charge on any atom is -0.353 e. The van der Waals surface area contributed by atoms with E-state index in [1.807, 2.05) is 32.0 Å². The highest BCUT2D eigenvalue weighted by atomic mass is 16.1. The number of carbonyl (C=O) groups excluding carboxylic acids is 2. The molecule has 164 valence electrons. The number of ketones is 1. The number of H-pyrrole nitrogens is 1. The Labute approximate surface area is 183 Å². The van der Waals surface area contributed by atoms with Crippen molar-refractivity contribution < 1.29 is 9.59 Å². The van der Waals surface area contributed by atoms with Crippen LogP contribution in [0.25, 0.3) is 22.0 Å². The fourth-order valence-corrected chi connectivity index (χ4v) is 4.00. The minimum absolute atomic E-state index is 0.0207. The van der Waals surface area contributed by atoms with Crippen molar-refractivity contribution in [2.75, 3.05) is 0 Å². The third-order valence-corrected chi connectivity index (χ3v) is 6.01. The van der Waals surface area contributed by atoms with Gasteiger partial charge in [-0.05, 0) is 55.9 Å². The molecule has 6 heteroatoms. The number of nitrogens with zero attached hydrogens (tertiary/aromatic N) is 2. The summed E-state index contributed by atoms with van der Waals surface area (Å²) < 4.78 is 0. The number of carbonyl (C=O) groups is 2. The van der Waals surface area contributed by atoms with Crippen molar-refractivity contribution in [2.24, 2.45) is 5.92 Å². The van der Waals surface area contributed by atoms with Gasteiger partial charge in [0.25, 0.3) is 0 Å². The van der Waals surface area contributed by atoms with E-state index in [0.29, 0.717) is 18.2 Å². The Hall–Kier alpha value is -3.02. The molecule has 4 rings (SSSR count). The van der Waals surface area contributed by atoms with Crippen LogP contribution in [0.4, 0.5) is 0 Å². The molecule has 31 heavy (non-hydrogen) atoms. The summed E-state index contributed by atoms with van der Waals surface area (Å²) in [5.74, 6) is 1.04. The molecule has 0 saturated heterocycles. The van der Waals surface area contributed by atoms with Crippen LogP contribution >= 0.6 is 0 Å². The first-order valence-electron chi connectivity index (χ1n) is 11.1. The Morgan fingerprint density at radius 1 is 1.13 bits per heavy atom. The first kappa shape index (κ1) is 22.7. The molecule has 2 heterocycles. The van der Waals surface area contributed by atoms with Crippen molar-refractivity contribution in [1.82, 2.24) is 20.5 Å². The van der Waals surface area contributed by atoms with Crippen LogP contribution < -0.4 is 5.32 Å². The minimum atomic E-state index is -0.0207. The third-order valence-electron chi connectivity index (χ3n) is 6.01. The van der Waals surface area contributed by atoms with Gasteiger partial charge in [0.2, 0.25) is 5.91 Å². The predicted octanol–water partition coefficient (Wildman–Crippen LogP) is 5.23. The molecule has 1 aliphatic carbocycles. The van der Waals surface area contributed by atoms with Crippen LogP contribution in [-0.4, -0.2) is 32.9 Å². The van der Waals surface area contributed by atoms with E-state index in [2.05, 4.69) is 33.5 Å². The lowest BCUT2D eigenvalue weighted by molar-refractivity contribution is -0.121. The van der Waals surface area contributed by atoms with Gasteiger partial charge in [0.05, 0.1) is 5.52 Å². The molecule has 0 bridgehead atoms. The van der Waals surface area contributed by atoms with Gasteiger partial charge in [0, 0.05) is 42.2 Å². The van der Waals surface area contributed by atoms with Crippen LogP contribution in [0.2, 0.25) is 0 Å². The van der Waals surface area contributed by atoms with E-state index < -0.39 is 0 Å². The Balaban J connectivity index is 0.000000196. The highest BCUT2D eigenvalue weighted by Crippen LogP contribution is 2.28. The molecule has 0 spiro atoms. The molecule has 3 aromatic rings.